The van der Waals surface area contributed by atoms with Crippen molar-refractivity contribution in [1.82, 2.24) is 34.5 Å². The molecule has 1 unspecified atom stereocenters. The minimum absolute atomic E-state index is 0.241. The molecule has 1 aliphatic rings. The number of nitrogens with one attached hydrogen (secondary N) is 1. The van der Waals surface area contributed by atoms with Gasteiger partial charge in [-0.2, -0.15) is 5.10 Å². The molecule has 1 saturated heterocycles. The fourth-order valence-electron chi connectivity index (χ4n) is 3.88. The Kier molecular flexibility index (Phi) is 5.47. The number of aromatic nitrogens is 7. The number of likely N-dealkylation sites (N-methyl/N-ethyl adjacent to an activating group) is 1. The summed E-state index contributed by atoms with van der Waals surface area (Å²) in [6.07, 6.45) is 7.37. The molecule has 0 aliphatic carbocycles. The highest BCUT2D eigenvalue weighted by Crippen LogP contribution is 2.33. The topological polar surface area (TPSA) is 115 Å². The summed E-state index contributed by atoms with van der Waals surface area (Å²) in [4.78, 5) is 24.1. The Morgan fingerprint density at radius 1 is 1.14 bits per heavy atom. The van der Waals surface area contributed by atoms with Crippen molar-refractivity contribution in [2.24, 2.45) is 0 Å². The van der Waals surface area contributed by atoms with Crippen LogP contribution in [0.25, 0.3) is 16.7 Å². The summed E-state index contributed by atoms with van der Waals surface area (Å²) >= 11 is 6.53. The summed E-state index contributed by atoms with van der Waals surface area (Å²) in [7, 11) is 1.97. The summed E-state index contributed by atoms with van der Waals surface area (Å²) in [5.74, 6) is 2.27. The molecule has 5 heterocycles. The van der Waals surface area contributed by atoms with Gasteiger partial charge >= 0.3 is 0 Å². The number of nitrogens with zero attached hydrogens (tertiary/aromatic N) is 8. The normalized spacial score (nSPS) is 15.5. The molecule has 11 nitrogen and oxygen atoms in total. The lowest BCUT2D eigenvalue weighted by atomic mass is 10.2. The van der Waals surface area contributed by atoms with E-state index in [0.29, 0.717) is 51.6 Å². The lowest BCUT2D eigenvalue weighted by Crippen LogP contribution is -2.33. The molecule has 35 heavy (non-hydrogen) atoms. The molecule has 5 aromatic rings. The smallest absolute Gasteiger partial charge is 0.226 e. The number of benzene rings is 1. The van der Waals surface area contributed by atoms with Gasteiger partial charge in [0.15, 0.2) is 11.5 Å². The van der Waals surface area contributed by atoms with Gasteiger partial charge in [0.2, 0.25) is 5.95 Å². The van der Waals surface area contributed by atoms with Crippen LogP contribution in [-0.4, -0.2) is 60.8 Å². The van der Waals surface area contributed by atoms with Crippen LogP contribution in [0.5, 0.6) is 11.5 Å². The predicted octanol–water partition coefficient (Wildman–Crippen LogP) is 3.88. The first-order chi connectivity index (χ1) is 17.1. The molecule has 4 aromatic heterocycles. The second-order valence-electron chi connectivity index (χ2n) is 8.05. The maximum absolute atomic E-state index is 6.53. The van der Waals surface area contributed by atoms with E-state index in [0.717, 1.165) is 18.7 Å². The maximum Gasteiger partial charge on any atom is 0.226 e. The van der Waals surface area contributed by atoms with Crippen LogP contribution in [0.2, 0.25) is 5.02 Å². The Hall–Kier alpha value is -4.09. The van der Waals surface area contributed by atoms with Crippen molar-refractivity contribution in [2.75, 3.05) is 30.5 Å². The third-order valence-corrected chi connectivity index (χ3v) is 6.10. The van der Waals surface area contributed by atoms with Gasteiger partial charge in [-0.05, 0) is 30.7 Å². The number of hydrogen-bond acceptors (Lipinski definition) is 10. The monoisotopic (exact) mass is 489 g/mol. The van der Waals surface area contributed by atoms with Gasteiger partial charge in [-0.15, -0.1) is 0 Å². The lowest BCUT2D eigenvalue weighted by molar-refractivity contribution is 0.193. The summed E-state index contributed by atoms with van der Waals surface area (Å²) in [5, 5.41) is 7.81. The molecule has 6 rings (SSSR count). The van der Waals surface area contributed by atoms with Crippen LogP contribution < -0.4 is 15.0 Å². The van der Waals surface area contributed by atoms with Crippen LogP contribution >= 0.6 is 11.6 Å². The average Bonchev–Trinajstić information content (AvgIpc) is 3.57. The number of pyridine rings is 1. The number of anilines is 3. The van der Waals surface area contributed by atoms with Crippen molar-refractivity contribution in [1.29, 1.82) is 0 Å². The molecule has 0 radical (unpaired) electrons. The SMILES string of the molecule is CN(c1ncc2ncnc(Nc3ccc(Oc4ccn5ncnc5c4)c(Cl)c3)c2n1)C1CCOC1. The molecule has 0 bridgehead atoms. The maximum atomic E-state index is 6.53. The summed E-state index contributed by atoms with van der Waals surface area (Å²) in [6, 6.07) is 9.23. The number of hydrogen-bond donors (Lipinski definition) is 1. The fourth-order valence-corrected chi connectivity index (χ4v) is 4.10. The van der Waals surface area contributed by atoms with Crippen molar-refractivity contribution in [2.45, 2.75) is 12.5 Å². The number of rotatable bonds is 6. The van der Waals surface area contributed by atoms with Crippen LogP contribution in [0.4, 0.5) is 17.5 Å². The van der Waals surface area contributed by atoms with E-state index in [2.05, 4.69) is 30.4 Å². The molecule has 0 spiro atoms. The van der Waals surface area contributed by atoms with Crippen molar-refractivity contribution in [3.05, 3.63) is 60.4 Å². The van der Waals surface area contributed by atoms with E-state index >= 15 is 0 Å². The summed E-state index contributed by atoms with van der Waals surface area (Å²) < 4.78 is 13.1. The lowest BCUT2D eigenvalue weighted by Gasteiger charge is -2.23. The molecular formula is C23H20ClN9O2. The van der Waals surface area contributed by atoms with E-state index in [-0.39, 0.29) is 6.04 Å². The van der Waals surface area contributed by atoms with Gasteiger partial charge in [-0.25, -0.2) is 29.4 Å². The first kappa shape index (κ1) is 21.4. The first-order valence-electron chi connectivity index (χ1n) is 11.0. The predicted molar refractivity (Wildman–Crippen MR) is 131 cm³/mol. The van der Waals surface area contributed by atoms with Gasteiger partial charge in [0.1, 0.15) is 35.2 Å². The van der Waals surface area contributed by atoms with Gasteiger partial charge in [0, 0.05) is 31.6 Å². The molecule has 1 N–H and O–H groups in total. The van der Waals surface area contributed by atoms with E-state index in [9.17, 15) is 0 Å². The van der Waals surface area contributed by atoms with Crippen LogP contribution in [0.1, 0.15) is 6.42 Å². The summed E-state index contributed by atoms with van der Waals surface area (Å²) in [5.41, 5.74) is 2.66. The zero-order valence-electron chi connectivity index (χ0n) is 18.7. The van der Waals surface area contributed by atoms with Gasteiger partial charge in [0.05, 0.1) is 23.9 Å². The van der Waals surface area contributed by atoms with Gasteiger partial charge < -0.3 is 19.7 Å². The quantitative estimate of drug-likeness (QED) is 0.376. The molecule has 0 saturated carbocycles. The Balaban J connectivity index is 1.25. The standard InChI is InChI=1S/C23H20ClN9O2/c1-32(15-5-7-34-11-15)23-25-10-18-21(31-23)22(28-12-26-18)30-14-2-3-19(17(24)8-14)35-16-4-6-33-20(9-16)27-13-29-33/h2-4,6,8-10,12-13,15H,5,7,11H2,1H3,(H,26,28,30). The molecule has 0 amide bonds. The number of ether oxygens (including phenoxy) is 2. The van der Waals surface area contributed by atoms with Gasteiger partial charge in [-0.1, -0.05) is 11.6 Å². The van der Waals surface area contributed by atoms with Crippen molar-refractivity contribution in [3.8, 4) is 11.5 Å². The fraction of sp³-hybridized carbons (Fsp3) is 0.217. The second-order valence-corrected chi connectivity index (χ2v) is 8.46. The highest BCUT2D eigenvalue weighted by atomic mass is 35.5. The third-order valence-electron chi connectivity index (χ3n) is 5.81. The van der Waals surface area contributed by atoms with E-state index in [1.165, 1.54) is 12.7 Å². The minimum atomic E-state index is 0.241. The van der Waals surface area contributed by atoms with Gasteiger partial charge in [-0.3, -0.25) is 0 Å². The Bertz CT molecular complexity index is 1520. The average molecular weight is 490 g/mol. The molecule has 12 heteroatoms. The Labute approximate surface area is 204 Å². The molecule has 1 aromatic carbocycles. The van der Waals surface area contributed by atoms with Crippen LogP contribution in [0, 0.1) is 0 Å². The van der Waals surface area contributed by atoms with Crippen molar-refractivity contribution < 1.29 is 9.47 Å². The van der Waals surface area contributed by atoms with Gasteiger partial charge in [0.25, 0.3) is 0 Å². The molecular weight excluding hydrogens is 470 g/mol. The third kappa shape index (κ3) is 4.27. The van der Waals surface area contributed by atoms with E-state index in [1.807, 2.05) is 18.0 Å². The van der Waals surface area contributed by atoms with E-state index < -0.39 is 0 Å². The zero-order valence-corrected chi connectivity index (χ0v) is 19.4. The zero-order chi connectivity index (χ0) is 23.8. The molecule has 1 fully saturated rings. The van der Waals surface area contributed by atoms with E-state index in [4.69, 9.17) is 26.1 Å². The second kappa shape index (κ2) is 8.93. The molecule has 176 valence electrons. The van der Waals surface area contributed by atoms with Crippen LogP contribution in [-0.2, 0) is 4.74 Å². The number of halogens is 1. The highest BCUT2D eigenvalue weighted by molar-refractivity contribution is 6.32. The van der Waals surface area contributed by atoms with Crippen molar-refractivity contribution in [3.63, 3.8) is 0 Å². The molecule has 1 aliphatic heterocycles. The van der Waals surface area contributed by atoms with Crippen molar-refractivity contribution >= 4 is 45.7 Å². The Morgan fingerprint density at radius 3 is 2.94 bits per heavy atom. The summed E-state index contributed by atoms with van der Waals surface area (Å²) in [6.45, 7) is 1.40. The first-order valence-corrected chi connectivity index (χ1v) is 11.3. The minimum Gasteiger partial charge on any atom is -0.456 e. The van der Waals surface area contributed by atoms with Crippen LogP contribution in [0.15, 0.2) is 55.4 Å². The largest absolute Gasteiger partial charge is 0.456 e. The Morgan fingerprint density at radius 2 is 2.09 bits per heavy atom. The number of fused-ring (bicyclic) bond motifs is 2. The van der Waals surface area contributed by atoms with E-state index in [1.54, 1.807) is 41.2 Å². The molecule has 1 atom stereocenters. The van der Waals surface area contributed by atoms with Crippen LogP contribution in [0.3, 0.4) is 0 Å². The highest BCUT2D eigenvalue weighted by Gasteiger charge is 2.23.